The molecule has 0 amide bonds. The van der Waals surface area contributed by atoms with Crippen LogP contribution in [-0.4, -0.2) is 16.2 Å². The first-order chi connectivity index (χ1) is 8.54. The summed E-state index contributed by atoms with van der Waals surface area (Å²) in [5.74, 6) is -0.936. The Bertz CT molecular complexity index is 604. The standard InChI is InChI=1S/C13H15NO3S/c1-2-3-4-7-5-8-10(13(16)17)12(14)18-11(8)9(15)6-7/h5-6,15H,2-4,14H2,1H3,(H,16,17). The van der Waals surface area contributed by atoms with Crippen LogP contribution in [0.4, 0.5) is 5.00 Å². The number of nitrogens with two attached hydrogens (primary N) is 1. The maximum absolute atomic E-state index is 11.2. The molecule has 18 heavy (non-hydrogen) atoms. The van der Waals surface area contributed by atoms with Gasteiger partial charge >= 0.3 is 5.97 Å². The monoisotopic (exact) mass is 265 g/mol. The SMILES string of the molecule is CCCCc1cc(O)c2sc(N)c(C(=O)O)c2c1. The molecule has 0 saturated heterocycles. The van der Waals surface area contributed by atoms with Gasteiger partial charge in [0.25, 0.3) is 0 Å². The van der Waals surface area contributed by atoms with Crippen LogP contribution < -0.4 is 5.73 Å². The maximum Gasteiger partial charge on any atom is 0.339 e. The van der Waals surface area contributed by atoms with Crippen LogP contribution in [0.5, 0.6) is 5.75 Å². The number of fused-ring (bicyclic) bond motifs is 1. The van der Waals surface area contributed by atoms with Crippen LogP contribution in [0, 0.1) is 0 Å². The molecule has 0 radical (unpaired) electrons. The van der Waals surface area contributed by atoms with E-state index in [2.05, 4.69) is 6.92 Å². The highest BCUT2D eigenvalue weighted by Gasteiger charge is 2.19. The molecule has 0 aliphatic carbocycles. The lowest BCUT2D eigenvalue weighted by Crippen LogP contribution is -1.99. The summed E-state index contributed by atoms with van der Waals surface area (Å²) in [6.07, 6.45) is 2.89. The number of nitrogen functional groups attached to an aromatic ring is 1. The van der Waals surface area contributed by atoms with Crippen molar-refractivity contribution in [3.63, 3.8) is 0 Å². The number of aromatic hydroxyl groups is 1. The summed E-state index contributed by atoms with van der Waals surface area (Å²) in [5.41, 5.74) is 6.75. The van der Waals surface area contributed by atoms with Crippen molar-refractivity contribution >= 4 is 32.4 Å². The number of benzene rings is 1. The molecule has 0 fully saturated rings. The molecule has 0 bridgehead atoms. The molecule has 1 aromatic carbocycles. The molecule has 5 heteroatoms. The predicted molar refractivity (Wildman–Crippen MR) is 73.5 cm³/mol. The van der Waals surface area contributed by atoms with Crippen LogP contribution in [0.3, 0.4) is 0 Å². The van der Waals surface area contributed by atoms with Gasteiger partial charge < -0.3 is 15.9 Å². The number of carboxylic acid groups (broad SMARTS) is 1. The van der Waals surface area contributed by atoms with Gasteiger partial charge in [-0.15, -0.1) is 11.3 Å². The molecule has 0 saturated carbocycles. The van der Waals surface area contributed by atoms with Crippen molar-refractivity contribution < 1.29 is 15.0 Å². The third kappa shape index (κ3) is 2.13. The molecular weight excluding hydrogens is 250 g/mol. The summed E-state index contributed by atoms with van der Waals surface area (Å²) in [6, 6.07) is 3.51. The van der Waals surface area contributed by atoms with Crippen molar-refractivity contribution in [3.05, 3.63) is 23.3 Å². The predicted octanol–water partition coefficient (Wildman–Crippen LogP) is 3.23. The molecule has 0 aliphatic rings. The van der Waals surface area contributed by atoms with Gasteiger partial charge in [-0.3, -0.25) is 0 Å². The van der Waals surface area contributed by atoms with E-state index in [1.54, 1.807) is 6.07 Å². The number of anilines is 1. The van der Waals surface area contributed by atoms with Gasteiger partial charge in [-0.1, -0.05) is 13.3 Å². The topological polar surface area (TPSA) is 83.5 Å². The van der Waals surface area contributed by atoms with Gasteiger partial charge in [0.15, 0.2) is 0 Å². The van der Waals surface area contributed by atoms with Gasteiger partial charge in [0.05, 0.1) is 4.70 Å². The van der Waals surface area contributed by atoms with Gasteiger partial charge in [0.1, 0.15) is 16.3 Å². The van der Waals surface area contributed by atoms with E-state index < -0.39 is 5.97 Å². The van der Waals surface area contributed by atoms with E-state index in [1.807, 2.05) is 6.07 Å². The fourth-order valence-corrected chi connectivity index (χ4v) is 2.96. The zero-order valence-corrected chi connectivity index (χ0v) is 10.9. The molecule has 96 valence electrons. The molecular formula is C13H15NO3S. The van der Waals surface area contributed by atoms with Crippen molar-refractivity contribution in [2.45, 2.75) is 26.2 Å². The zero-order chi connectivity index (χ0) is 13.3. The average molecular weight is 265 g/mol. The second-order valence-corrected chi connectivity index (χ2v) is 5.29. The third-order valence-electron chi connectivity index (χ3n) is 2.89. The van der Waals surface area contributed by atoms with Crippen LogP contribution in [0.15, 0.2) is 12.1 Å². The minimum atomic E-state index is -1.05. The molecule has 1 heterocycles. The van der Waals surface area contributed by atoms with Crippen molar-refractivity contribution in [1.29, 1.82) is 0 Å². The number of unbranched alkanes of at least 4 members (excludes halogenated alkanes) is 1. The van der Waals surface area contributed by atoms with E-state index in [0.29, 0.717) is 10.1 Å². The van der Waals surface area contributed by atoms with E-state index in [4.69, 9.17) is 10.8 Å². The second kappa shape index (κ2) is 4.86. The van der Waals surface area contributed by atoms with Crippen LogP contribution in [0.2, 0.25) is 0 Å². The normalized spacial score (nSPS) is 10.9. The van der Waals surface area contributed by atoms with E-state index in [9.17, 15) is 9.90 Å². The Balaban J connectivity index is 2.61. The summed E-state index contributed by atoms with van der Waals surface area (Å²) < 4.78 is 0.546. The lowest BCUT2D eigenvalue weighted by atomic mass is 10.0. The lowest BCUT2D eigenvalue weighted by Gasteiger charge is -2.03. The molecule has 0 atom stereocenters. The van der Waals surface area contributed by atoms with Gasteiger partial charge in [-0.25, -0.2) is 4.79 Å². The molecule has 2 aromatic rings. The number of hydrogen-bond acceptors (Lipinski definition) is 4. The van der Waals surface area contributed by atoms with E-state index in [-0.39, 0.29) is 16.3 Å². The number of carbonyl (C=O) groups is 1. The Kier molecular flexibility index (Phi) is 3.43. The van der Waals surface area contributed by atoms with Gasteiger partial charge in [0, 0.05) is 5.39 Å². The molecule has 2 rings (SSSR count). The number of aromatic carboxylic acids is 1. The molecule has 1 aromatic heterocycles. The smallest absolute Gasteiger partial charge is 0.339 e. The fraction of sp³-hybridized carbons (Fsp3) is 0.308. The first-order valence-electron chi connectivity index (χ1n) is 5.81. The van der Waals surface area contributed by atoms with E-state index in [0.717, 1.165) is 36.2 Å². The summed E-state index contributed by atoms with van der Waals surface area (Å²) in [6.45, 7) is 2.09. The number of thiophene rings is 1. The maximum atomic E-state index is 11.2. The largest absolute Gasteiger partial charge is 0.506 e. The highest BCUT2D eigenvalue weighted by Crippen LogP contribution is 2.39. The molecule has 0 aliphatic heterocycles. The van der Waals surface area contributed by atoms with Gasteiger partial charge in [0.2, 0.25) is 0 Å². The Labute approximate surface area is 109 Å². The highest BCUT2D eigenvalue weighted by molar-refractivity contribution is 7.23. The van der Waals surface area contributed by atoms with Crippen LogP contribution >= 0.6 is 11.3 Å². The van der Waals surface area contributed by atoms with Crippen LogP contribution in [0.25, 0.3) is 10.1 Å². The lowest BCUT2D eigenvalue weighted by molar-refractivity contribution is 0.0700. The number of carboxylic acids is 1. The minimum absolute atomic E-state index is 0.101. The number of rotatable bonds is 4. The minimum Gasteiger partial charge on any atom is -0.506 e. The summed E-state index contributed by atoms with van der Waals surface area (Å²) >= 11 is 1.11. The number of phenols is 1. The molecule has 4 nitrogen and oxygen atoms in total. The average Bonchev–Trinajstić information content (AvgIpc) is 2.63. The van der Waals surface area contributed by atoms with Crippen molar-refractivity contribution in [2.24, 2.45) is 0 Å². The Hall–Kier alpha value is -1.75. The van der Waals surface area contributed by atoms with Crippen LogP contribution in [-0.2, 0) is 6.42 Å². The van der Waals surface area contributed by atoms with Crippen molar-refractivity contribution in [1.82, 2.24) is 0 Å². The zero-order valence-electron chi connectivity index (χ0n) is 10.1. The summed E-state index contributed by atoms with van der Waals surface area (Å²) in [4.78, 5) is 11.2. The van der Waals surface area contributed by atoms with E-state index >= 15 is 0 Å². The molecule has 0 unspecified atom stereocenters. The third-order valence-corrected chi connectivity index (χ3v) is 3.95. The summed E-state index contributed by atoms with van der Waals surface area (Å²) in [5, 5.41) is 19.9. The Morgan fingerprint density at radius 2 is 2.17 bits per heavy atom. The first kappa shape index (κ1) is 12.7. The van der Waals surface area contributed by atoms with Gasteiger partial charge in [-0.05, 0) is 30.5 Å². The summed E-state index contributed by atoms with van der Waals surface area (Å²) in [7, 11) is 0. The molecule has 4 N–H and O–H groups in total. The number of aryl methyl sites for hydroxylation is 1. The van der Waals surface area contributed by atoms with E-state index in [1.165, 1.54) is 0 Å². The van der Waals surface area contributed by atoms with Crippen molar-refractivity contribution in [3.8, 4) is 5.75 Å². The number of phenolic OH excluding ortho intramolecular Hbond substituents is 1. The Morgan fingerprint density at radius 1 is 1.44 bits per heavy atom. The second-order valence-electron chi connectivity index (χ2n) is 4.24. The molecule has 0 spiro atoms. The van der Waals surface area contributed by atoms with Gasteiger partial charge in [-0.2, -0.15) is 0 Å². The Morgan fingerprint density at radius 3 is 2.78 bits per heavy atom. The fourth-order valence-electron chi connectivity index (χ4n) is 2.00. The first-order valence-corrected chi connectivity index (χ1v) is 6.63. The van der Waals surface area contributed by atoms with Crippen molar-refractivity contribution in [2.75, 3.05) is 5.73 Å². The highest BCUT2D eigenvalue weighted by atomic mass is 32.1. The quantitative estimate of drug-likeness (QED) is 0.792. The van der Waals surface area contributed by atoms with Crippen LogP contribution in [0.1, 0.15) is 35.7 Å². The number of hydrogen-bond donors (Lipinski definition) is 3.